The van der Waals surface area contributed by atoms with E-state index in [1.807, 2.05) is 24.3 Å². The molecule has 0 saturated heterocycles. The first kappa shape index (κ1) is 17.5. The Bertz CT molecular complexity index is 1050. The molecular formula is C23H16O5. The molecule has 5 nitrogen and oxygen atoms in total. The van der Waals surface area contributed by atoms with Crippen molar-refractivity contribution >= 4 is 17.8 Å². The molecular weight excluding hydrogens is 356 g/mol. The van der Waals surface area contributed by atoms with Crippen LogP contribution in [-0.2, 0) is 0 Å². The summed E-state index contributed by atoms with van der Waals surface area (Å²) in [4.78, 5) is 24.6. The SMILES string of the molecule is O=C(/C=C/c1cccc(OC(=O)c2ccc3c(c2)OCO3)c1)c1ccccc1. The fourth-order valence-electron chi connectivity index (χ4n) is 2.74. The van der Waals surface area contributed by atoms with Crippen LogP contribution in [0, 0.1) is 0 Å². The van der Waals surface area contributed by atoms with Crippen LogP contribution >= 0.6 is 0 Å². The van der Waals surface area contributed by atoms with Gasteiger partial charge in [0.1, 0.15) is 5.75 Å². The Morgan fingerprint density at radius 3 is 2.50 bits per heavy atom. The summed E-state index contributed by atoms with van der Waals surface area (Å²) < 4.78 is 16.0. The second-order valence-corrected chi connectivity index (χ2v) is 6.09. The average molecular weight is 372 g/mol. The van der Waals surface area contributed by atoms with Crippen molar-refractivity contribution in [2.24, 2.45) is 0 Å². The number of hydrogen-bond acceptors (Lipinski definition) is 5. The summed E-state index contributed by atoms with van der Waals surface area (Å²) in [5.41, 5.74) is 1.73. The molecule has 0 N–H and O–H groups in total. The van der Waals surface area contributed by atoms with Gasteiger partial charge in [0.05, 0.1) is 5.56 Å². The lowest BCUT2D eigenvalue weighted by atomic mass is 10.1. The van der Waals surface area contributed by atoms with Crippen molar-refractivity contribution in [3.63, 3.8) is 0 Å². The van der Waals surface area contributed by atoms with Gasteiger partial charge in [0.15, 0.2) is 17.3 Å². The zero-order valence-corrected chi connectivity index (χ0v) is 14.8. The van der Waals surface area contributed by atoms with Crippen molar-refractivity contribution in [3.05, 3.63) is 95.6 Å². The van der Waals surface area contributed by atoms with E-state index >= 15 is 0 Å². The Morgan fingerprint density at radius 2 is 1.64 bits per heavy atom. The van der Waals surface area contributed by atoms with Crippen LogP contribution < -0.4 is 14.2 Å². The van der Waals surface area contributed by atoms with Crippen LogP contribution in [0.3, 0.4) is 0 Å². The fraction of sp³-hybridized carbons (Fsp3) is 0.0435. The zero-order chi connectivity index (χ0) is 19.3. The topological polar surface area (TPSA) is 61.8 Å². The Labute approximate surface area is 161 Å². The molecule has 0 saturated carbocycles. The lowest BCUT2D eigenvalue weighted by molar-refractivity contribution is 0.0734. The molecule has 4 rings (SSSR count). The van der Waals surface area contributed by atoms with E-state index in [-0.39, 0.29) is 12.6 Å². The molecule has 0 aromatic heterocycles. The van der Waals surface area contributed by atoms with Gasteiger partial charge < -0.3 is 14.2 Å². The van der Waals surface area contributed by atoms with Gasteiger partial charge in [-0.15, -0.1) is 0 Å². The van der Waals surface area contributed by atoms with Crippen LogP contribution in [0.1, 0.15) is 26.3 Å². The third-order valence-electron chi connectivity index (χ3n) is 4.16. The van der Waals surface area contributed by atoms with Crippen LogP contribution in [0.25, 0.3) is 6.08 Å². The Morgan fingerprint density at radius 1 is 0.821 bits per heavy atom. The smallest absolute Gasteiger partial charge is 0.343 e. The minimum absolute atomic E-state index is 0.0941. The van der Waals surface area contributed by atoms with Crippen molar-refractivity contribution in [2.75, 3.05) is 6.79 Å². The van der Waals surface area contributed by atoms with Gasteiger partial charge in [0.25, 0.3) is 0 Å². The molecule has 0 amide bonds. The van der Waals surface area contributed by atoms with E-state index in [1.165, 1.54) is 6.08 Å². The van der Waals surface area contributed by atoms with Crippen LogP contribution in [0.5, 0.6) is 17.2 Å². The number of fused-ring (bicyclic) bond motifs is 1. The van der Waals surface area contributed by atoms with Gasteiger partial charge in [-0.3, -0.25) is 4.79 Å². The fourth-order valence-corrected chi connectivity index (χ4v) is 2.74. The highest BCUT2D eigenvalue weighted by Crippen LogP contribution is 2.32. The molecule has 28 heavy (non-hydrogen) atoms. The minimum atomic E-state index is -0.500. The summed E-state index contributed by atoms with van der Waals surface area (Å²) in [7, 11) is 0. The maximum atomic E-state index is 12.4. The summed E-state index contributed by atoms with van der Waals surface area (Å²) in [5, 5.41) is 0. The number of hydrogen-bond donors (Lipinski definition) is 0. The predicted molar refractivity (Wildman–Crippen MR) is 104 cm³/mol. The monoisotopic (exact) mass is 372 g/mol. The van der Waals surface area contributed by atoms with Crippen molar-refractivity contribution in [1.82, 2.24) is 0 Å². The average Bonchev–Trinajstić information content (AvgIpc) is 3.21. The molecule has 0 unspecified atom stereocenters. The number of carbonyl (C=O) groups excluding carboxylic acids is 2. The van der Waals surface area contributed by atoms with Gasteiger partial charge in [-0.25, -0.2) is 4.79 Å². The molecule has 138 valence electrons. The van der Waals surface area contributed by atoms with E-state index in [0.717, 1.165) is 5.56 Å². The lowest BCUT2D eigenvalue weighted by Crippen LogP contribution is -2.08. The first-order chi connectivity index (χ1) is 13.7. The quantitative estimate of drug-likeness (QED) is 0.285. The summed E-state index contributed by atoms with van der Waals surface area (Å²) in [5.74, 6) is 0.914. The summed E-state index contributed by atoms with van der Waals surface area (Å²) in [6, 6.07) is 20.9. The Hall–Kier alpha value is -3.86. The molecule has 3 aromatic rings. The van der Waals surface area contributed by atoms with Gasteiger partial charge in [-0.2, -0.15) is 0 Å². The Balaban J connectivity index is 1.45. The molecule has 0 radical (unpaired) electrons. The van der Waals surface area contributed by atoms with Crippen molar-refractivity contribution in [1.29, 1.82) is 0 Å². The van der Waals surface area contributed by atoms with Crippen LogP contribution in [0.2, 0.25) is 0 Å². The molecule has 1 aliphatic heterocycles. The molecule has 1 aliphatic rings. The van der Waals surface area contributed by atoms with Gasteiger partial charge >= 0.3 is 5.97 Å². The number of ketones is 1. The van der Waals surface area contributed by atoms with Crippen molar-refractivity contribution in [3.8, 4) is 17.2 Å². The first-order valence-corrected chi connectivity index (χ1v) is 8.68. The minimum Gasteiger partial charge on any atom is -0.454 e. The molecule has 1 heterocycles. The van der Waals surface area contributed by atoms with E-state index in [0.29, 0.717) is 28.4 Å². The predicted octanol–water partition coefficient (Wildman–Crippen LogP) is 4.53. The van der Waals surface area contributed by atoms with Gasteiger partial charge in [0, 0.05) is 5.56 Å². The Kier molecular flexibility index (Phi) is 4.89. The summed E-state index contributed by atoms with van der Waals surface area (Å²) >= 11 is 0. The lowest BCUT2D eigenvalue weighted by Gasteiger charge is -2.06. The van der Waals surface area contributed by atoms with E-state index in [2.05, 4.69) is 0 Å². The highest BCUT2D eigenvalue weighted by atomic mass is 16.7. The second kappa shape index (κ2) is 7.80. The summed E-state index contributed by atoms with van der Waals surface area (Å²) in [6.07, 6.45) is 3.18. The molecule has 0 fully saturated rings. The largest absolute Gasteiger partial charge is 0.454 e. The third kappa shape index (κ3) is 3.94. The standard InChI is InChI=1S/C23H16O5/c24-20(17-6-2-1-3-7-17)11-9-16-5-4-8-19(13-16)28-23(25)18-10-12-21-22(14-18)27-15-26-21/h1-14H,15H2/b11-9+. The number of carbonyl (C=O) groups is 2. The maximum absolute atomic E-state index is 12.4. The highest BCUT2D eigenvalue weighted by Gasteiger charge is 2.17. The van der Waals surface area contributed by atoms with E-state index in [9.17, 15) is 9.59 Å². The number of ether oxygens (including phenoxy) is 3. The molecule has 0 spiro atoms. The zero-order valence-electron chi connectivity index (χ0n) is 14.8. The summed E-state index contributed by atoms with van der Waals surface area (Å²) in [6.45, 7) is 0.143. The van der Waals surface area contributed by atoms with Crippen molar-refractivity contribution in [2.45, 2.75) is 0 Å². The van der Waals surface area contributed by atoms with Crippen LogP contribution in [-0.4, -0.2) is 18.5 Å². The number of allylic oxidation sites excluding steroid dienone is 1. The van der Waals surface area contributed by atoms with Gasteiger partial charge in [-0.1, -0.05) is 48.5 Å². The maximum Gasteiger partial charge on any atom is 0.343 e. The second-order valence-electron chi connectivity index (χ2n) is 6.09. The molecule has 5 heteroatoms. The van der Waals surface area contributed by atoms with E-state index in [4.69, 9.17) is 14.2 Å². The number of benzene rings is 3. The van der Waals surface area contributed by atoms with E-state index in [1.54, 1.807) is 54.6 Å². The highest BCUT2D eigenvalue weighted by molar-refractivity contribution is 6.06. The normalized spacial score (nSPS) is 12.1. The first-order valence-electron chi connectivity index (χ1n) is 8.68. The molecule has 0 aliphatic carbocycles. The molecule has 0 atom stereocenters. The van der Waals surface area contributed by atoms with Gasteiger partial charge in [-0.05, 0) is 42.0 Å². The number of esters is 1. The number of rotatable bonds is 5. The van der Waals surface area contributed by atoms with Crippen molar-refractivity contribution < 1.29 is 23.8 Å². The van der Waals surface area contributed by atoms with E-state index < -0.39 is 5.97 Å². The van der Waals surface area contributed by atoms with Crippen LogP contribution in [0.15, 0.2) is 78.9 Å². The molecule has 0 bridgehead atoms. The third-order valence-corrected chi connectivity index (χ3v) is 4.16. The van der Waals surface area contributed by atoms with Gasteiger partial charge in [0.2, 0.25) is 6.79 Å². The molecule has 3 aromatic carbocycles. The van der Waals surface area contributed by atoms with Crippen LogP contribution in [0.4, 0.5) is 0 Å².